The van der Waals surface area contributed by atoms with Crippen LogP contribution in [-0.2, 0) is 0 Å². The number of nitrogens with zero attached hydrogens (tertiary/aromatic N) is 1. The van der Waals surface area contributed by atoms with E-state index in [1.165, 1.54) is 19.3 Å². The highest BCUT2D eigenvalue weighted by atomic mass is 15.3. The molecule has 1 aromatic carbocycles. The third-order valence-electron chi connectivity index (χ3n) is 2.91. The molecular weight excluding hydrogens is 212 g/mol. The minimum atomic E-state index is 0.631. The van der Waals surface area contributed by atoms with Gasteiger partial charge >= 0.3 is 0 Å². The van der Waals surface area contributed by atoms with Crippen LogP contribution in [0.5, 0.6) is 0 Å². The van der Waals surface area contributed by atoms with E-state index in [0.717, 1.165) is 24.6 Å². The Hall–Kier alpha value is -1.55. The van der Waals surface area contributed by atoms with Crippen molar-refractivity contribution in [2.75, 3.05) is 11.9 Å². The largest absolute Gasteiger partial charge is 0.325 e. The first kappa shape index (κ1) is 11.9. The Morgan fingerprint density at radius 1 is 1.29 bits per heavy atom. The van der Waals surface area contributed by atoms with Crippen LogP contribution in [0.15, 0.2) is 35.3 Å². The first-order valence-electron chi connectivity index (χ1n) is 6.21. The van der Waals surface area contributed by atoms with Crippen molar-refractivity contribution in [1.82, 2.24) is 5.43 Å². The highest BCUT2D eigenvalue weighted by Gasteiger charge is 2.19. The van der Waals surface area contributed by atoms with Crippen molar-refractivity contribution in [2.24, 2.45) is 16.8 Å². The predicted octanol–water partition coefficient (Wildman–Crippen LogP) is 2.11. The van der Waals surface area contributed by atoms with Gasteiger partial charge in [-0.25, -0.2) is 5.84 Å². The lowest BCUT2D eigenvalue weighted by Crippen LogP contribution is -2.36. The molecule has 4 heteroatoms. The van der Waals surface area contributed by atoms with Crippen LogP contribution in [0.1, 0.15) is 25.7 Å². The Bertz CT molecular complexity index is 357. The van der Waals surface area contributed by atoms with Gasteiger partial charge in [-0.1, -0.05) is 31.0 Å². The summed E-state index contributed by atoms with van der Waals surface area (Å²) in [7, 11) is 0. The molecule has 1 aromatic rings. The van der Waals surface area contributed by atoms with Crippen LogP contribution >= 0.6 is 0 Å². The van der Waals surface area contributed by atoms with Gasteiger partial charge < -0.3 is 5.32 Å². The normalized spacial score (nSPS) is 15.7. The van der Waals surface area contributed by atoms with Gasteiger partial charge in [-0.15, -0.1) is 0 Å². The summed E-state index contributed by atoms with van der Waals surface area (Å²) in [6.07, 6.45) is 5.26. The van der Waals surface area contributed by atoms with Gasteiger partial charge in [-0.05, 0) is 30.9 Å². The Morgan fingerprint density at radius 2 is 2.06 bits per heavy atom. The topological polar surface area (TPSA) is 62.4 Å². The Kier molecular flexibility index (Phi) is 4.38. The third-order valence-corrected chi connectivity index (χ3v) is 2.91. The molecule has 92 valence electrons. The number of benzene rings is 1. The summed E-state index contributed by atoms with van der Waals surface area (Å²) in [5, 5.41) is 3.15. The molecule has 1 fully saturated rings. The lowest BCUT2D eigenvalue weighted by Gasteiger charge is -2.08. The lowest BCUT2D eigenvalue weighted by atomic mass is 10.2. The van der Waals surface area contributed by atoms with Crippen LogP contribution in [0.4, 0.5) is 5.69 Å². The first-order chi connectivity index (χ1) is 8.38. The second-order valence-electron chi connectivity index (χ2n) is 4.45. The number of aliphatic imine (C=N–C) groups is 1. The van der Waals surface area contributed by atoms with E-state index in [2.05, 4.69) is 15.7 Å². The van der Waals surface area contributed by atoms with Gasteiger partial charge in [-0.2, -0.15) is 0 Å². The molecule has 1 aliphatic carbocycles. The number of nitrogens with one attached hydrogen (secondary N) is 2. The van der Waals surface area contributed by atoms with Crippen LogP contribution in [0.2, 0.25) is 0 Å². The zero-order valence-corrected chi connectivity index (χ0v) is 10.0. The van der Waals surface area contributed by atoms with Crippen LogP contribution in [0.25, 0.3) is 0 Å². The van der Waals surface area contributed by atoms with Gasteiger partial charge in [0.1, 0.15) is 0 Å². The van der Waals surface area contributed by atoms with E-state index in [-0.39, 0.29) is 0 Å². The number of nitrogens with two attached hydrogens (primary N) is 1. The van der Waals surface area contributed by atoms with Crippen molar-refractivity contribution in [3.8, 4) is 0 Å². The van der Waals surface area contributed by atoms with E-state index in [1.54, 1.807) is 0 Å². The summed E-state index contributed by atoms with van der Waals surface area (Å²) in [4.78, 5) is 4.41. The molecule has 0 atom stereocenters. The van der Waals surface area contributed by atoms with Crippen LogP contribution in [0.3, 0.4) is 0 Å². The maximum atomic E-state index is 5.43. The average molecular weight is 232 g/mol. The number of anilines is 1. The third kappa shape index (κ3) is 4.44. The summed E-state index contributed by atoms with van der Waals surface area (Å²) in [6, 6.07) is 9.90. The van der Waals surface area contributed by atoms with E-state index < -0.39 is 0 Å². The van der Waals surface area contributed by atoms with Gasteiger partial charge in [0.05, 0.1) is 0 Å². The van der Waals surface area contributed by atoms with Crippen molar-refractivity contribution in [1.29, 1.82) is 0 Å². The van der Waals surface area contributed by atoms with E-state index in [1.807, 2.05) is 30.3 Å². The van der Waals surface area contributed by atoms with Gasteiger partial charge in [-0.3, -0.25) is 10.4 Å². The average Bonchev–Trinajstić information content (AvgIpc) is 3.18. The zero-order valence-electron chi connectivity index (χ0n) is 10.0. The predicted molar refractivity (Wildman–Crippen MR) is 71.6 cm³/mol. The second-order valence-corrected chi connectivity index (χ2v) is 4.45. The Balaban J connectivity index is 1.76. The maximum absolute atomic E-state index is 5.43. The molecule has 0 aliphatic heterocycles. The highest BCUT2D eigenvalue weighted by molar-refractivity contribution is 5.93. The molecule has 17 heavy (non-hydrogen) atoms. The number of hydrogen-bond donors (Lipinski definition) is 3. The summed E-state index contributed by atoms with van der Waals surface area (Å²) in [6.45, 7) is 0.829. The summed E-state index contributed by atoms with van der Waals surface area (Å²) in [5.74, 6) is 7.04. The van der Waals surface area contributed by atoms with Crippen LogP contribution in [0, 0.1) is 5.92 Å². The Labute approximate surface area is 102 Å². The molecule has 4 nitrogen and oxygen atoms in total. The highest BCUT2D eigenvalue weighted by Crippen LogP contribution is 2.33. The van der Waals surface area contributed by atoms with Crippen molar-refractivity contribution >= 4 is 11.6 Å². The minimum Gasteiger partial charge on any atom is -0.325 e. The van der Waals surface area contributed by atoms with E-state index in [9.17, 15) is 0 Å². The van der Waals surface area contributed by atoms with Crippen LogP contribution in [-0.4, -0.2) is 12.5 Å². The molecule has 0 unspecified atom stereocenters. The molecule has 0 bridgehead atoms. The van der Waals surface area contributed by atoms with Crippen molar-refractivity contribution in [2.45, 2.75) is 25.7 Å². The molecular formula is C13H20N4. The quantitative estimate of drug-likeness (QED) is 0.239. The van der Waals surface area contributed by atoms with Crippen LogP contribution < -0.4 is 16.6 Å². The van der Waals surface area contributed by atoms with E-state index in [0.29, 0.717) is 5.96 Å². The number of guanidine groups is 1. The minimum absolute atomic E-state index is 0.631. The van der Waals surface area contributed by atoms with Crippen molar-refractivity contribution in [3.05, 3.63) is 30.3 Å². The lowest BCUT2D eigenvalue weighted by molar-refractivity contribution is 0.674. The number of para-hydroxylation sites is 1. The number of hydrogen-bond acceptors (Lipinski definition) is 2. The fraction of sp³-hybridized carbons (Fsp3) is 0.462. The van der Waals surface area contributed by atoms with Gasteiger partial charge in [0, 0.05) is 12.2 Å². The Morgan fingerprint density at radius 3 is 2.71 bits per heavy atom. The summed E-state index contributed by atoms with van der Waals surface area (Å²) >= 11 is 0. The fourth-order valence-electron chi connectivity index (χ4n) is 1.76. The van der Waals surface area contributed by atoms with E-state index in [4.69, 9.17) is 5.84 Å². The molecule has 0 spiro atoms. The maximum Gasteiger partial charge on any atom is 0.210 e. The second kappa shape index (κ2) is 6.25. The first-order valence-corrected chi connectivity index (χ1v) is 6.21. The number of hydrazine groups is 1. The molecule has 0 radical (unpaired) electrons. The van der Waals surface area contributed by atoms with Gasteiger partial charge in [0.2, 0.25) is 5.96 Å². The standard InChI is InChI=1S/C13H20N4/c14-17-13(15-10-4-5-11-8-9-11)16-12-6-2-1-3-7-12/h1-3,6-7,11H,4-5,8-10,14H2,(H2,15,16,17). The molecule has 0 aromatic heterocycles. The molecule has 1 saturated carbocycles. The molecule has 0 amide bonds. The van der Waals surface area contributed by atoms with Crippen molar-refractivity contribution in [3.63, 3.8) is 0 Å². The smallest absolute Gasteiger partial charge is 0.210 e. The summed E-state index contributed by atoms with van der Waals surface area (Å²) in [5.41, 5.74) is 3.59. The molecule has 0 saturated heterocycles. The summed E-state index contributed by atoms with van der Waals surface area (Å²) < 4.78 is 0. The number of rotatable bonds is 5. The fourth-order valence-corrected chi connectivity index (χ4v) is 1.76. The molecule has 4 N–H and O–H groups in total. The molecule has 2 rings (SSSR count). The SMILES string of the molecule is NNC(=NCCCC1CC1)Nc1ccccc1. The monoisotopic (exact) mass is 232 g/mol. The van der Waals surface area contributed by atoms with Gasteiger partial charge in [0.25, 0.3) is 0 Å². The molecule has 1 aliphatic rings. The zero-order chi connectivity index (χ0) is 11.9. The van der Waals surface area contributed by atoms with E-state index >= 15 is 0 Å². The molecule has 0 heterocycles. The van der Waals surface area contributed by atoms with Gasteiger partial charge in [0.15, 0.2) is 0 Å². The van der Waals surface area contributed by atoms with Crippen molar-refractivity contribution < 1.29 is 0 Å².